The summed E-state index contributed by atoms with van der Waals surface area (Å²) >= 11 is 6.24. The minimum atomic E-state index is -1.71. The Hall–Kier alpha value is -3.92. The zero-order valence-electron chi connectivity index (χ0n) is 19.9. The number of nitrogens with one attached hydrogen (secondary N) is 2. The maximum absolute atomic E-state index is 15.0. The Labute approximate surface area is 218 Å². The van der Waals surface area contributed by atoms with Crippen molar-refractivity contribution in [1.82, 2.24) is 9.88 Å². The highest BCUT2D eigenvalue weighted by Crippen LogP contribution is 2.67. The zero-order chi connectivity index (χ0) is 25.4. The lowest BCUT2D eigenvalue weighted by atomic mass is 9.57. The van der Waals surface area contributed by atoms with Gasteiger partial charge < -0.3 is 10.3 Å². The molecule has 0 saturated carbocycles. The lowest BCUT2D eigenvalue weighted by molar-refractivity contribution is -0.129. The van der Waals surface area contributed by atoms with E-state index in [0.717, 1.165) is 29.3 Å². The van der Waals surface area contributed by atoms with E-state index in [4.69, 9.17) is 11.6 Å². The summed E-state index contributed by atoms with van der Waals surface area (Å²) in [5, 5.41) is 15.6. The van der Waals surface area contributed by atoms with Gasteiger partial charge in [-0.3, -0.25) is 14.5 Å². The van der Waals surface area contributed by atoms with E-state index in [9.17, 15) is 14.9 Å². The van der Waals surface area contributed by atoms with Crippen LogP contribution in [0.5, 0.6) is 0 Å². The van der Waals surface area contributed by atoms with Crippen molar-refractivity contribution in [2.24, 2.45) is 5.41 Å². The highest BCUT2D eigenvalue weighted by atomic mass is 35.5. The summed E-state index contributed by atoms with van der Waals surface area (Å²) in [6.07, 6.45) is 3.35. The maximum atomic E-state index is 15.0. The third-order valence-corrected chi connectivity index (χ3v) is 8.90. The van der Waals surface area contributed by atoms with E-state index in [2.05, 4.69) is 21.3 Å². The normalized spacial score (nSPS) is 28.3. The van der Waals surface area contributed by atoms with Gasteiger partial charge in [-0.15, -0.1) is 0 Å². The van der Waals surface area contributed by atoms with Crippen molar-refractivity contribution < 1.29 is 9.59 Å². The Morgan fingerprint density at radius 2 is 1.81 bits per heavy atom. The van der Waals surface area contributed by atoms with E-state index >= 15 is 0 Å². The van der Waals surface area contributed by atoms with E-state index in [-0.39, 0.29) is 17.7 Å². The number of aromatic amines is 1. The topological polar surface area (TPSA) is 89.0 Å². The molecule has 2 saturated heterocycles. The summed E-state index contributed by atoms with van der Waals surface area (Å²) in [7, 11) is 0. The molecule has 4 aromatic rings. The molecular formula is C30H23ClN4O2. The van der Waals surface area contributed by atoms with Crippen LogP contribution in [0.1, 0.15) is 40.2 Å². The SMILES string of the molecule is N#C[C@]1(C(=O)c2c[nH]c3ccccc23)[C@H](c2ccc(Cl)cc2)[C@H]2CCCN2[C@@]12C(=O)Nc1ccccc12. The molecular weight excluding hydrogens is 484 g/mol. The number of H-pyrrole nitrogens is 1. The molecule has 2 fully saturated rings. The lowest BCUT2D eigenvalue weighted by Gasteiger charge is -2.42. The number of anilines is 1. The van der Waals surface area contributed by atoms with Gasteiger partial charge in [0, 0.05) is 50.9 Å². The fourth-order valence-electron chi connectivity index (χ4n) is 7.34. The number of nitrogens with zero attached hydrogens (tertiary/aromatic N) is 2. The number of rotatable bonds is 3. The Morgan fingerprint density at radius 1 is 1.05 bits per heavy atom. The molecule has 3 aromatic carbocycles. The second-order valence-electron chi connectivity index (χ2n) is 10.1. The van der Waals surface area contributed by atoms with Gasteiger partial charge in [-0.05, 0) is 49.2 Å². The molecule has 3 aliphatic rings. The second kappa shape index (κ2) is 7.79. The second-order valence-corrected chi connectivity index (χ2v) is 10.6. The third kappa shape index (κ3) is 2.63. The van der Waals surface area contributed by atoms with Crippen LogP contribution < -0.4 is 5.32 Å². The van der Waals surface area contributed by atoms with Crippen LogP contribution in [0.25, 0.3) is 10.9 Å². The standard InChI is InChI=1S/C30H23ClN4O2/c31-19-13-11-18(12-14-19)26-25-10-5-15-35(25)30(22-7-2-4-9-24(22)34-28(30)37)29(26,17-32)27(36)21-16-33-23-8-3-1-6-20(21)23/h1-4,6-9,11-14,16,25-26,33H,5,10,15H2,(H,34,37)/t25-,26-,29-,30+/m1/s1. The summed E-state index contributed by atoms with van der Waals surface area (Å²) in [6.45, 7) is 0.626. The Morgan fingerprint density at radius 3 is 2.62 bits per heavy atom. The molecule has 3 aliphatic heterocycles. The van der Waals surface area contributed by atoms with Crippen molar-refractivity contribution in [2.45, 2.75) is 30.3 Å². The summed E-state index contributed by atoms with van der Waals surface area (Å²) in [5.74, 6) is -1.18. The van der Waals surface area contributed by atoms with E-state index in [0.29, 0.717) is 28.4 Å². The lowest BCUT2D eigenvalue weighted by Crippen LogP contribution is -2.59. The number of hydrogen-bond donors (Lipinski definition) is 2. The molecule has 7 rings (SSSR count). The Kier molecular flexibility index (Phi) is 4.69. The molecule has 0 aliphatic carbocycles. The summed E-state index contributed by atoms with van der Waals surface area (Å²) in [5.41, 5.74) is 0.247. The first-order valence-electron chi connectivity index (χ1n) is 12.5. The number of fused-ring (bicyclic) bond motifs is 5. The van der Waals surface area contributed by atoms with Crippen LogP contribution in [0.3, 0.4) is 0 Å². The summed E-state index contributed by atoms with van der Waals surface area (Å²) in [6, 6.07) is 24.8. The molecule has 1 aromatic heterocycles. The van der Waals surface area contributed by atoms with Crippen LogP contribution >= 0.6 is 11.6 Å². The first-order valence-corrected chi connectivity index (χ1v) is 12.9. The van der Waals surface area contributed by atoms with Gasteiger partial charge in [0.05, 0.1) is 6.07 Å². The van der Waals surface area contributed by atoms with Crippen LogP contribution in [0.2, 0.25) is 5.02 Å². The van der Waals surface area contributed by atoms with E-state index in [1.54, 1.807) is 18.3 Å². The van der Waals surface area contributed by atoms with Crippen LogP contribution in [-0.2, 0) is 10.3 Å². The number of ketones is 1. The molecule has 2 N–H and O–H groups in total. The largest absolute Gasteiger partial charge is 0.360 e. The highest BCUT2D eigenvalue weighted by Gasteiger charge is 2.78. The quantitative estimate of drug-likeness (QED) is 0.353. The molecule has 1 amide bonds. The number of halogens is 1. The average Bonchev–Trinajstić information content (AvgIpc) is 3.67. The van der Waals surface area contributed by atoms with Crippen molar-refractivity contribution in [3.63, 3.8) is 0 Å². The number of carbonyl (C=O) groups excluding carboxylic acids is 2. The molecule has 4 atom stereocenters. The number of hydrogen-bond acceptors (Lipinski definition) is 4. The summed E-state index contributed by atoms with van der Waals surface area (Å²) < 4.78 is 0. The fourth-order valence-corrected chi connectivity index (χ4v) is 7.46. The molecule has 4 heterocycles. The third-order valence-electron chi connectivity index (χ3n) is 8.64. The van der Waals surface area contributed by atoms with Crippen molar-refractivity contribution in [3.05, 3.63) is 101 Å². The smallest absolute Gasteiger partial charge is 0.251 e. The van der Waals surface area contributed by atoms with E-state index < -0.39 is 16.9 Å². The van der Waals surface area contributed by atoms with Crippen LogP contribution in [0, 0.1) is 16.7 Å². The first-order chi connectivity index (χ1) is 18.0. The van der Waals surface area contributed by atoms with Gasteiger partial charge in [-0.25, -0.2) is 0 Å². The van der Waals surface area contributed by atoms with Crippen molar-refractivity contribution >= 4 is 39.9 Å². The van der Waals surface area contributed by atoms with Gasteiger partial charge in [0.2, 0.25) is 0 Å². The number of benzene rings is 3. The summed E-state index contributed by atoms with van der Waals surface area (Å²) in [4.78, 5) is 34.6. The van der Waals surface area contributed by atoms with Gasteiger partial charge in [0.1, 0.15) is 0 Å². The monoisotopic (exact) mass is 506 g/mol. The minimum Gasteiger partial charge on any atom is -0.360 e. The van der Waals surface area contributed by atoms with Crippen molar-refractivity contribution in [3.8, 4) is 6.07 Å². The van der Waals surface area contributed by atoms with E-state index in [1.807, 2.05) is 60.7 Å². The molecule has 0 unspecified atom stereocenters. The van der Waals surface area contributed by atoms with Gasteiger partial charge in [0.15, 0.2) is 16.7 Å². The Balaban J connectivity index is 1.58. The number of amides is 1. The molecule has 0 radical (unpaired) electrons. The van der Waals surface area contributed by atoms with Gasteiger partial charge in [-0.2, -0.15) is 5.26 Å². The van der Waals surface area contributed by atoms with Gasteiger partial charge >= 0.3 is 0 Å². The van der Waals surface area contributed by atoms with Crippen LogP contribution in [-0.4, -0.2) is 34.2 Å². The molecule has 6 nitrogen and oxygen atoms in total. The molecule has 0 bridgehead atoms. The number of para-hydroxylation sites is 2. The predicted octanol–water partition coefficient (Wildman–Crippen LogP) is 5.62. The van der Waals surface area contributed by atoms with Crippen molar-refractivity contribution in [1.29, 1.82) is 5.26 Å². The number of nitriles is 1. The fraction of sp³-hybridized carbons (Fsp3) is 0.233. The maximum Gasteiger partial charge on any atom is 0.251 e. The Bertz CT molecular complexity index is 1640. The zero-order valence-corrected chi connectivity index (χ0v) is 20.6. The minimum absolute atomic E-state index is 0.160. The average molecular weight is 507 g/mol. The van der Waals surface area contributed by atoms with Gasteiger partial charge in [-0.1, -0.05) is 60.1 Å². The molecule has 37 heavy (non-hydrogen) atoms. The van der Waals surface area contributed by atoms with Gasteiger partial charge in [0.25, 0.3) is 5.91 Å². The molecule has 7 heteroatoms. The van der Waals surface area contributed by atoms with Crippen LogP contribution in [0.15, 0.2) is 79.0 Å². The molecule has 182 valence electrons. The number of Topliss-reactive ketones (excluding diaryl/α,β-unsaturated/α-hetero) is 1. The molecule has 1 spiro atoms. The van der Waals surface area contributed by atoms with Crippen molar-refractivity contribution in [2.75, 3.05) is 11.9 Å². The van der Waals surface area contributed by atoms with E-state index in [1.165, 1.54) is 0 Å². The highest BCUT2D eigenvalue weighted by molar-refractivity contribution is 6.30. The first kappa shape index (κ1) is 22.3. The van der Waals surface area contributed by atoms with Crippen LogP contribution in [0.4, 0.5) is 5.69 Å². The number of carbonyl (C=O) groups is 2. The predicted molar refractivity (Wildman–Crippen MR) is 141 cm³/mol. The number of aromatic nitrogens is 1.